The first-order chi connectivity index (χ1) is 7.74. The number of para-hydroxylation sites is 1. The summed E-state index contributed by atoms with van der Waals surface area (Å²) in [6.07, 6.45) is 0. The lowest BCUT2D eigenvalue weighted by Gasteiger charge is -2.00. The predicted molar refractivity (Wildman–Crippen MR) is 60.4 cm³/mol. The molecule has 4 nitrogen and oxygen atoms in total. The van der Waals surface area contributed by atoms with E-state index in [0.717, 1.165) is 10.9 Å². The van der Waals surface area contributed by atoms with Crippen molar-refractivity contribution in [1.82, 2.24) is 5.32 Å². The Morgan fingerprint density at radius 2 is 2.19 bits per heavy atom. The fourth-order valence-corrected chi connectivity index (χ4v) is 1.64. The van der Waals surface area contributed by atoms with Crippen LogP contribution in [-0.2, 0) is 0 Å². The van der Waals surface area contributed by atoms with E-state index in [2.05, 4.69) is 5.32 Å². The number of nitrogens with one attached hydrogen (secondary N) is 1. The molecule has 0 spiro atoms. The van der Waals surface area contributed by atoms with Gasteiger partial charge in [0, 0.05) is 17.5 Å². The van der Waals surface area contributed by atoms with Crippen LogP contribution in [0.25, 0.3) is 11.0 Å². The van der Waals surface area contributed by atoms with E-state index in [4.69, 9.17) is 9.52 Å². The highest BCUT2D eigenvalue weighted by atomic mass is 16.3. The van der Waals surface area contributed by atoms with Crippen molar-refractivity contribution in [1.29, 1.82) is 0 Å². The van der Waals surface area contributed by atoms with Gasteiger partial charge >= 0.3 is 0 Å². The van der Waals surface area contributed by atoms with Crippen LogP contribution < -0.4 is 5.32 Å². The lowest BCUT2D eigenvalue weighted by Crippen LogP contribution is -2.26. The maximum absolute atomic E-state index is 11.7. The molecule has 0 radical (unpaired) electrons. The third kappa shape index (κ3) is 1.79. The summed E-state index contributed by atoms with van der Waals surface area (Å²) in [5.74, 6) is 0.0254. The van der Waals surface area contributed by atoms with Gasteiger partial charge in [0.05, 0.1) is 6.61 Å². The molecule has 0 unspecified atom stereocenters. The van der Waals surface area contributed by atoms with Crippen LogP contribution in [-0.4, -0.2) is 24.2 Å². The number of hydrogen-bond acceptors (Lipinski definition) is 3. The van der Waals surface area contributed by atoms with Crippen molar-refractivity contribution < 1.29 is 14.3 Å². The highest BCUT2D eigenvalue weighted by Gasteiger charge is 2.16. The van der Waals surface area contributed by atoms with E-state index >= 15 is 0 Å². The van der Waals surface area contributed by atoms with Gasteiger partial charge in [0.2, 0.25) is 0 Å². The van der Waals surface area contributed by atoms with E-state index in [0.29, 0.717) is 11.3 Å². The summed E-state index contributed by atoms with van der Waals surface area (Å²) in [5.41, 5.74) is 1.53. The van der Waals surface area contributed by atoms with Crippen molar-refractivity contribution in [2.24, 2.45) is 0 Å². The molecule has 84 valence electrons. The first-order valence-electron chi connectivity index (χ1n) is 5.11. The molecule has 0 saturated carbocycles. The number of aliphatic hydroxyl groups excluding tert-OH is 1. The van der Waals surface area contributed by atoms with Gasteiger partial charge in [0.25, 0.3) is 5.91 Å². The molecule has 0 aliphatic rings. The summed E-state index contributed by atoms with van der Waals surface area (Å²) in [6.45, 7) is 2.00. The minimum Gasteiger partial charge on any atom is -0.451 e. The summed E-state index contributed by atoms with van der Waals surface area (Å²) in [5, 5.41) is 12.1. The number of aliphatic hydroxyl groups is 1. The molecule has 1 heterocycles. The number of fused-ring (bicyclic) bond motifs is 1. The zero-order valence-electron chi connectivity index (χ0n) is 8.99. The van der Waals surface area contributed by atoms with Crippen LogP contribution in [0, 0.1) is 6.92 Å². The first-order valence-corrected chi connectivity index (χ1v) is 5.11. The van der Waals surface area contributed by atoms with Crippen molar-refractivity contribution in [2.45, 2.75) is 6.92 Å². The fourth-order valence-electron chi connectivity index (χ4n) is 1.64. The third-order valence-corrected chi connectivity index (χ3v) is 2.45. The maximum Gasteiger partial charge on any atom is 0.287 e. The highest BCUT2D eigenvalue weighted by molar-refractivity contribution is 5.98. The molecule has 1 aromatic carbocycles. The monoisotopic (exact) mass is 219 g/mol. The number of aryl methyl sites for hydroxylation is 1. The molecular formula is C12H13NO3. The molecule has 2 rings (SSSR count). The second-order valence-corrected chi connectivity index (χ2v) is 3.53. The number of rotatable bonds is 3. The maximum atomic E-state index is 11.7. The van der Waals surface area contributed by atoms with E-state index in [9.17, 15) is 4.79 Å². The average Bonchev–Trinajstić information content (AvgIpc) is 2.64. The van der Waals surface area contributed by atoms with Gasteiger partial charge in [-0.1, -0.05) is 18.2 Å². The number of benzene rings is 1. The summed E-state index contributed by atoms with van der Waals surface area (Å²) in [7, 11) is 0. The predicted octanol–water partition coefficient (Wildman–Crippen LogP) is 1.46. The normalized spacial score (nSPS) is 10.6. The van der Waals surface area contributed by atoms with Crippen molar-refractivity contribution in [3.63, 3.8) is 0 Å². The van der Waals surface area contributed by atoms with Gasteiger partial charge in [0.1, 0.15) is 5.58 Å². The molecule has 2 N–H and O–H groups in total. The molecule has 2 aromatic rings. The van der Waals surface area contributed by atoms with Gasteiger partial charge in [-0.15, -0.1) is 0 Å². The minimum atomic E-state index is -0.289. The molecule has 0 aliphatic carbocycles. The number of carbonyl (C=O) groups excluding carboxylic acids is 1. The van der Waals surface area contributed by atoms with Gasteiger partial charge in [-0.05, 0) is 13.0 Å². The van der Waals surface area contributed by atoms with Crippen molar-refractivity contribution >= 4 is 16.9 Å². The van der Waals surface area contributed by atoms with E-state index in [1.807, 2.05) is 31.2 Å². The minimum absolute atomic E-state index is 0.0784. The number of carbonyl (C=O) groups is 1. The summed E-state index contributed by atoms with van der Waals surface area (Å²) < 4.78 is 5.46. The van der Waals surface area contributed by atoms with Crippen LogP contribution in [0.1, 0.15) is 16.1 Å². The Labute approximate surface area is 92.9 Å². The number of amides is 1. The summed E-state index contributed by atoms with van der Waals surface area (Å²) in [6, 6.07) is 7.50. The number of hydrogen-bond donors (Lipinski definition) is 2. The Hall–Kier alpha value is -1.81. The van der Waals surface area contributed by atoms with Crippen molar-refractivity contribution in [2.75, 3.05) is 13.2 Å². The Bertz CT molecular complexity index is 516. The topological polar surface area (TPSA) is 62.5 Å². The van der Waals surface area contributed by atoms with Gasteiger partial charge in [-0.3, -0.25) is 4.79 Å². The molecule has 0 fully saturated rings. The zero-order chi connectivity index (χ0) is 11.5. The Balaban J connectivity index is 2.37. The van der Waals surface area contributed by atoms with Crippen LogP contribution in [0.2, 0.25) is 0 Å². The van der Waals surface area contributed by atoms with E-state index < -0.39 is 0 Å². The Morgan fingerprint density at radius 3 is 2.88 bits per heavy atom. The molecule has 0 saturated heterocycles. The molecule has 0 bridgehead atoms. The molecule has 4 heteroatoms. The molecular weight excluding hydrogens is 206 g/mol. The quantitative estimate of drug-likeness (QED) is 0.821. The van der Waals surface area contributed by atoms with E-state index in [1.165, 1.54) is 0 Å². The lowest BCUT2D eigenvalue weighted by molar-refractivity contribution is 0.0918. The van der Waals surface area contributed by atoms with Gasteiger partial charge < -0.3 is 14.8 Å². The second-order valence-electron chi connectivity index (χ2n) is 3.53. The summed E-state index contributed by atoms with van der Waals surface area (Å²) in [4.78, 5) is 11.7. The largest absolute Gasteiger partial charge is 0.451 e. The average molecular weight is 219 g/mol. The fraction of sp³-hybridized carbons (Fsp3) is 0.250. The van der Waals surface area contributed by atoms with Crippen LogP contribution in [0.5, 0.6) is 0 Å². The smallest absolute Gasteiger partial charge is 0.287 e. The summed E-state index contributed by atoms with van der Waals surface area (Å²) >= 11 is 0. The van der Waals surface area contributed by atoms with Crippen LogP contribution in [0.4, 0.5) is 0 Å². The van der Waals surface area contributed by atoms with Crippen molar-refractivity contribution in [3.05, 3.63) is 35.6 Å². The van der Waals surface area contributed by atoms with Crippen LogP contribution >= 0.6 is 0 Å². The van der Waals surface area contributed by atoms with E-state index in [-0.39, 0.29) is 19.1 Å². The molecule has 1 amide bonds. The lowest BCUT2D eigenvalue weighted by atomic mass is 10.1. The Kier molecular flexibility index (Phi) is 2.92. The number of furan rings is 1. The molecule has 16 heavy (non-hydrogen) atoms. The van der Waals surface area contributed by atoms with Gasteiger partial charge in [-0.2, -0.15) is 0 Å². The van der Waals surface area contributed by atoms with E-state index in [1.54, 1.807) is 0 Å². The Morgan fingerprint density at radius 1 is 1.44 bits per heavy atom. The third-order valence-electron chi connectivity index (χ3n) is 2.45. The second kappa shape index (κ2) is 4.37. The first kappa shape index (κ1) is 10.7. The molecule has 1 aromatic heterocycles. The standard InChI is InChI=1S/C12H13NO3/c1-8-9-4-2-3-5-10(9)16-11(8)12(15)13-6-7-14/h2-5,14H,6-7H2,1H3,(H,13,15). The zero-order valence-corrected chi connectivity index (χ0v) is 8.99. The van der Waals surface area contributed by atoms with Gasteiger partial charge in [0.15, 0.2) is 5.76 Å². The van der Waals surface area contributed by atoms with Gasteiger partial charge in [-0.25, -0.2) is 0 Å². The SMILES string of the molecule is Cc1c(C(=O)NCCO)oc2ccccc12. The van der Waals surface area contributed by atoms with Crippen molar-refractivity contribution in [3.8, 4) is 0 Å². The highest BCUT2D eigenvalue weighted by Crippen LogP contribution is 2.24. The molecule has 0 aliphatic heterocycles. The van der Waals surface area contributed by atoms with Crippen LogP contribution in [0.3, 0.4) is 0 Å². The molecule has 0 atom stereocenters. The van der Waals surface area contributed by atoms with Crippen LogP contribution in [0.15, 0.2) is 28.7 Å².